The van der Waals surface area contributed by atoms with Crippen molar-refractivity contribution in [3.63, 3.8) is 0 Å². The number of aliphatic hydroxyl groups is 1. The van der Waals surface area contributed by atoms with Gasteiger partial charge in [-0.05, 0) is 42.3 Å². The van der Waals surface area contributed by atoms with Crippen molar-refractivity contribution < 1.29 is 5.11 Å². The van der Waals surface area contributed by atoms with Crippen LogP contribution in [0.5, 0.6) is 0 Å². The van der Waals surface area contributed by atoms with Gasteiger partial charge < -0.3 is 5.11 Å². The van der Waals surface area contributed by atoms with Crippen molar-refractivity contribution in [3.8, 4) is 0 Å². The van der Waals surface area contributed by atoms with E-state index in [1.165, 1.54) is 29.7 Å². The fourth-order valence-corrected chi connectivity index (χ4v) is 4.38. The molecule has 0 saturated heterocycles. The van der Waals surface area contributed by atoms with E-state index in [-0.39, 0.29) is 11.5 Å². The van der Waals surface area contributed by atoms with Gasteiger partial charge in [0.05, 0.1) is 6.10 Å². The zero-order chi connectivity index (χ0) is 14.0. The van der Waals surface area contributed by atoms with E-state index in [4.69, 9.17) is 0 Å². The fourth-order valence-electron chi connectivity index (χ4n) is 3.65. The zero-order valence-corrected chi connectivity index (χ0v) is 12.8. The lowest BCUT2D eigenvalue weighted by Crippen LogP contribution is -2.36. The Balaban J connectivity index is 2.04. The molecule has 3 rings (SSSR count). The van der Waals surface area contributed by atoms with E-state index in [9.17, 15) is 5.11 Å². The number of thiophene rings is 1. The second kappa shape index (κ2) is 5.71. The number of aliphatic hydroxyl groups excluding tert-OH is 1. The fraction of sp³-hybridized carbons (Fsp3) is 0.444. The largest absolute Gasteiger partial charge is 0.387 e. The van der Waals surface area contributed by atoms with Gasteiger partial charge in [0.25, 0.3) is 0 Å². The highest BCUT2D eigenvalue weighted by molar-refractivity contribution is 7.10. The van der Waals surface area contributed by atoms with Gasteiger partial charge in [-0.1, -0.05) is 49.6 Å². The standard InChI is InChI=1S/C18H22OS/c1-14-16(10-13-20-14)17(19)18(11-6-3-7-12-18)15-8-4-2-5-9-15/h2,4-5,8-10,13,17,19H,3,6-7,11-12H2,1H3. The van der Waals surface area contributed by atoms with Crippen molar-refractivity contribution in [1.82, 2.24) is 0 Å². The SMILES string of the molecule is Cc1sccc1C(O)C1(c2ccccc2)CCCCC1. The molecule has 20 heavy (non-hydrogen) atoms. The van der Waals surface area contributed by atoms with E-state index in [0.717, 1.165) is 18.4 Å². The van der Waals surface area contributed by atoms with Crippen LogP contribution in [-0.2, 0) is 5.41 Å². The molecule has 1 N–H and O–H groups in total. The molecular weight excluding hydrogens is 264 g/mol. The third kappa shape index (κ3) is 2.32. The van der Waals surface area contributed by atoms with Gasteiger partial charge in [-0.15, -0.1) is 11.3 Å². The number of aryl methyl sites for hydroxylation is 1. The molecule has 106 valence electrons. The number of rotatable bonds is 3. The van der Waals surface area contributed by atoms with E-state index in [2.05, 4.69) is 48.7 Å². The molecule has 1 aliphatic rings. The van der Waals surface area contributed by atoms with Crippen molar-refractivity contribution in [1.29, 1.82) is 0 Å². The summed E-state index contributed by atoms with van der Waals surface area (Å²) in [6.07, 6.45) is 5.53. The van der Waals surface area contributed by atoms with E-state index in [0.29, 0.717) is 0 Å². The lowest BCUT2D eigenvalue weighted by Gasteiger charge is -2.42. The summed E-state index contributed by atoms with van der Waals surface area (Å²) in [5.41, 5.74) is 2.34. The summed E-state index contributed by atoms with van der Waals surface area (Å²) >= 11 is 1.73. The Hall–Kier alpha value is -1.12. The first kappa shape index (κ1) is 13.8. The molecule has 1 aliphatic carbocycles. The molecule has 0 bridgehead atoms. The smallest absolute Gasteiger partial charge is 0.0897 e. The van der Waals surface area contributed by atoms with Crippen molar-refractivity contribution in [2.75, 3.05) is 0 Å². The van der Waals surface area contributed by atoms with Gasteiger partial charge in [-0.3, -0.25) is 0 Å². The van der Waals surface area contributed by atoms with Crippen LogP contribution in [0.25, 0.3) is 0 Å². The summed E-state index contributed by atoms with van der Waals surface area (Å²) in [7, 11) is 0. The number of benzene rings is 1. The number of hydrogen-bond acceptors (Lipinski definition) is 2. The topological polar surface area (TPSA) is 20.2 Å². The summed E-state index contributed by atoms with van der Waals surface area (Å²) in [5, 5.41) is 13.2. The van der Waals surface area contributed by atoms with Crippen LogP contribution in [0, 0.1) is 6.92 Å². The predicted molar refractivity (Wildman–Crippen MR) is 85.2 cm³/mol. The van der Waals surface area contributed by atoms with Gasteiger partial charge in [-0.2, -0.15) is 0 Å². The van der Waals surface area contributed by atoms with Gasteiger partial charge in [0.15, 0.2) is 0 Å². The average molecular weight is 286 g/mol. The maximum Gasteiger partial charge on any atom is 0.0897 e. The molecule has 1 aromatic heterocycles. The van der Waals surface area contributed by atoms with Crippen molar-refractivity contribution in [3.05, 3.63) is 57.8 Å². The lowest BCUT2D eigenvalue weighted by atomic mass is 9.64. The van der Waals surface area contributed by atoms with Crippen molar-refractivity contribution in [2.24, 2.45) is 0 Å². The maximum absolute atomic E-state index is 11.1. The third-order valence-corrected chi connectivity index (χ3v) is 5.67. The molecule has 2 heteroatoms. The molecule has 0 aliphatic heterocycles. The van der Waals surface area contributed by atoms with Crippen LogP contribution >= 0.6 is 11.3 Å². The van der Waals surface area contributed by atoms with Gasteiger partial charge in [0.1, 0.15) is 0 Å². The Labute approximate surface area is 125 Å². The van der Waals surface area contributed by atoms with Gasteiger partial charge in [0, 0.05) is 10.3 Å². The first-order valence-corrected chi connectivity index (χ1v) is 8.39. The molecule has 0 amide bonds. The highest BCUT2D eigenvalue weighted by atomic mass is 32.1. The van der Waals surface area contributed by atoms with Crippen LogP contribution in [0.1, 0.15) is 54.2 Å². The van der Waals surface area contributed by atoms with E-state index >= 15 is 0 Å². The Bertz CT molecular complexity index is 552. The Morgan fingerprint density at radius 2 is 1.75 bits per heavy atom. The summed E-state index contributed by atoms with van der Waals surface area (Å²) < 4.78 is 0. The minimum absolute atomic E-state index is 0.0919. The minimum Gasteiger partial charge on any atom is -0.387 e. The lowest BCUT2D eigenvalue weighted by molar-refractivity contribution is 0.0527. The molecule has 1 saturated carbocycles. The van der Waals surface area contributed by atoms with Crippen LogP contribution < -0.4 is 0 Å². The molecule has 0 radical (unpaired) electrons. The molecule has 1 atom stereocenters. The van der Waals surface area contributed by atoms with Crippen molar-refractivity contribution in [2.45, 2.75) is 50.5 Å². The summed E-state index contributed by atoms with van der Waals surface area (Å²) in [5.74, 6) is 0. The van der Waals surface area contributed by atoms with E-state index in [1.54, 1.807) is 11.3 Å². The van der Waals surface area contributed by atoms with Crippen LogP contribution in [0.4, 0.5) is 0 Å². The van der Waals surface area contributed by atoms with E-state index < -0.39 is 0 Å². The molecule has 0 spiro atoms. The summed E-state index contributed by atoms with van der Waals surface area (Å²) in [4.78, 5) is 1.25. The second-order valence-electron chi connectivity index (χ2n) is 5.92. The number of hydrogen-bond donors (Lipinski definition) is 1. The molecule has 1 fully saturated rings. The van der Waals surface area contributed by atoms with Crippen LogP contribution in [0.15, 0.2) is 41.8 Å². The van der Waals surface area contributed by atoms with Gasteiger partial charge in [0.2, 0.25) is 0 Å². The molecule has 2 aromatic rings. The quantitative estimate of drug-likeness (QED) is 0.842. The Morgan fingerprint density at radius 1 is 1.05 bits per heavy atom. The molecule has 1 aromatic carbocycles. The Kier molecular flexibility index (Phi) is 3.95. The molecule has 1 heterocycles. The summed E-state index contributed by atoms with van der Waals surface area (Å²) in [6.45, 7) is 2.12. The third-order valence-electron chi connectivity index (χ3n) is 4.81. The highest BCUT2D eigenvalue weighted by Gasteiger charge is 2.41. The van der Waals surface area contributed by atoms with Crippen LogP contribution in [-0.4, -0.2) is 5.11 Å². The molecular formula is C18H22OS. The molecule has 1 nitrogen and oxygen atoms in total. The van der Waals surface area contributed by atoms with E-state index in [1.807, 2.05) is 0 Å². The monoisotopic (exact) mass is 286 g/mol. The first-order valence-electron chi connectivity index (χ1n) is 7.52. The zero-order valence-electron chi connectivity index (χ0n) is 12.0. The van der Waals surface area contributed by atoms with Crippen LogP contribution in [0.2, 0.25) is 0 Å². The van der Waals surface area contributed by atoms with Crippen molar-refractivity contribution >= 4 is 11.3 Å². The highest BCUT2D eigenvalue weighted by Crippen LogP contribution is 2.49. The molecule has 1 unspecified atom stereocenters. The van der Waals surface area contributed by atoms with Gasteiger partial charge >= 0.3 is 0 Å². The normalized spacial score (nSPS) is 19.7. The summed E-state index contributed by atoms with van der Waals surface area (Å²) in [6, 6.07) is 12.7. The first-order chi connectivity index (χ1) is 9.74. The average Bonchev–Trinajstić information content (AvgIpc) is 2.94. The second-order valence-corrected chi connectivity index (χ2v) is 7.04. The van der Waals surface area contributed by atoms with Gasteiger partial charge in [-0.25, -0.2) is 0 Å². The Morgan fingerprint density at radius 3 is 2.35 bits per heavy atom. The minimum atomic E-state index is -0.378. The predicted octanol–water partition coefficient (Wildman–Crippen LogP) is 4.99. The van der Waals surface area contributed by atoms with Crippen LogP contribution in [0.3, 0.4) is 0 Å². The maximum atomic E-state index is 11.1.